The molecular weight excluding hydrogens is 234 g/mol. The van der Waals surface area contributed by atoms with Gasteiger partial charge in [-0.25, -0.2) is 0 Å². The molecular formula is C11H19N5O2. The lowest BCUT2D eigenvalue weighted by molar-refractivity contribution is -0.121. The maximum absolute atomic E-state index is 11.8. The standard InChI is InChI=1S/C11H19N5O2/c1-11(2,3)15-8(17)6-13-10(18)9-7(12)5-14-16(9)4/h5H,6,12H2,1-4H3,(H,13,18)(H,15,17). The number of nitrogens with one attached hydrogen (secondary N) is 2. The second-order valence-electron chi connectivity index (χ2n) is 5.05. The Labute approximate surface area is 106 Å². The molecule has 1 heterocycles. The van der Waals surface area contributed by atoms with E-state index in [1.807, 2.05) is 20.8 Å². The van der Waals surface area contributed by atoms with Gasteiger partial charge in [-0.05, 0) is 20.8 Å². The molecule has 4 N–H and O–H groups in total. The number of carbonyl (C=O) groups excluding carboxylic acids is 2. The average Bonchev–Trinajstić information content (AvgIpc) is 2.53. The van der Waals surface area contributed by atoms with E-state index in [4.69, 9.17) is 5.73 Å². The number of amides is 2. The van der Waals surface area contributed by atoms with E-state index in [0.29, 0.717) is 0 Å². The maximum atomic E-state index is 11.8. The van der Waals surface area contributed by atoms with E-state index in [0.717, 1.165) is 0 Å². The number of nitrogen functional groups attached to an aromatic ring is 1. The lowest BCUT2D eigenvalue weighted by Gasteiger charge is -2.20. The summed E-state index contributed by atoms with van der Waals surface area (Å²) in [5.74, 6) is -0.673. The van der Waals surface area contributed by atoms with E-state index in [2.05, 4.69) is 15.7 Å². The molecule has 1 aromatic heterocycles. The zero-order chi connectivity index (χ0) is 13.9. The third-order valence-corrected chi connectivity index (χ3v) is 2.11. The summed E-state index contributed by atoms with van der Waals surface area (Å²) < 4.78 is 1.37. The van der Waals surface area contributed by atoms with Gasteiger partial charge in [0.15, 0.2) is 0 Å². The van der Waals surface area contributed by atoms with Gasteiger partial charge in [0, 0.05) is 12.6 Å². The highest BCUT2D eigenvalue weighted by molar-refractivity contribution is 5.99. The fraction of sp³-hybridized carbons (Fsp3) is 0.545. The molecule has 0 saturated carbocycles. The number of aromatic nitrogens is 2. The predicted molar refractivity (Wildman–Crippen MR) is 67.8 cm³/mol. The Balaban J connectivity index is 2.55. The van der Waals surface area contributed by atoms with Crippen LogP contribution in [-0.2, 0) is 11.8 Å². The SMILES string of the molecule is Cn1ncc(N)c1C(=O)NCC(=O)NC(C)(C)C. The van der Waals surface area contributed by atoms with Gasteiger partial charge in [0.25, 0.3) is 5.91 Å². The first-order valence-electron chi connectivity index (χ1n) is 5.57. The largest absolute Gasteiger partial charge is 0.396 e. The van der Waals surface area contributed by atoms with Crippen molar-refractivity contribution in [1.29, 1.82) is 0 Å². The zero-order valence-electron chi connectivity index (χ0n) is 11.1. The molecule has 0 aliphatic carbocycles. The Hall–Kier alpha value is -2.05. The third-order valence-electron chi connectivity index (χ3n) is 2.11. The molecule has 2 amide bonds. The Morgan fingerprint density at radius 3 is 2.50 bits per heavy atom. The minimum atomic E-state index is -0.420. The summed E-state index contributed by atoms with van der Waals surface area (Å²) in [4.78, 5) is 23.3. The van der Waals surface area contributed by atoms with E-state index in [-0.39, 0.29) is 29.4 Å². The van der Waals surface area contributed by atoms with Crippen LogP contribution in [0, 0.1) is 0 Å². The molecule has 0 bridgehead atoms. The van der Waals surface area contributed by atoms with Crippen molar-refractivity contribution < 1.29 is 9.59 Å². The van der Waals surface area contributed by atoms with Crippen LogP contribution in [0.1, 0.15) is 31.3 Å². The molecule has 0 aliphatic heterocycles. The Morgan fingerprint density at radius 2 is 2.06 bits per heavy atom. The van der Waals surface area contributed by atoms with Gasteiger partial charge in [-0.3, -0.25) is 14.3 Å². The van der Waals surface area contributed by atoms with Gasteiger partial charge in [-0.2, -0.15) is 5.10 Å². The molecule has 7 heteroatoms. The molecule has 0 spiro atoms. The van der Waals surface area contributed by atoms with Crippen molar-refractivity contribution in [3.05, 3.63) is 11.9 Å². The van der Waals surface area contributed by atoms with E-state index in [1.165, 1.54) is 10.9 Å². The first-order valence-corrected chi connectivity index (χ1v) is 5.57. The molecule has 1 rings (SSSR count). The quantitative estimate of drug-likeness (QED) is 0.685. The van der Waals surface area contributed by atoms with Gasteiger partial charge in [0.2, 0.25) is 5.91 Å². The number of carbonyl (C=O) groups is 2. The van der Waals surface area contributed by atoms with Crippen LogP contribution < -0.4 is 16.4 Å². The van der Waals surface area contributed by atoms with Crippen molar-refractivity contribution in [1.82, 2.24) is 20.4 Å². The monoisotopic (exact) mass is 253 g/mol. The first kappa shape index (κ1) is 14.0. The van der Waals surface area contributed by atoms with Crippen LogP contribution in [0.2, 0.25) is 0 Å². The van der Waals surface area contributed by atoms with Crippen LogP contribution in [-0.4, -0.2) is 33.7 Å². The number of anilines is 1. The van der Waals surface area contributed by atoms with Crippen molar-refractivity contribution in [2.75, 3.05) is 12.3 Å². The number of aryl methyl sites for hydroxylation is 1. The van der Waals surface area contributed by atoms with E-state index in [9.17, 15) is 9.59 Å². The lowest BCUT2D eigenvalue weighted by atomic mass is 10.1. The number of nitrogens with two attached hydrogens (primary N) is 1. The van der Waals surface area contributed by atoms with Crippen molar-refractivity contribution in [3.63, 3.8) is 0 Å². The van der Waals surface area contributed by atoms with Gasteiger partial charge in [-0.1, -0.05) is 0 Å². The van der Waals surface area contributed by atoms with Crippen LogP contribution in [0.3, 0.4) is 0 Å². The average molecular weight is 253 g/mol. The molecule has 0 atom stereocenters. The highest BCUT2D eigenvalue weighted by atomic mass is 16.2. The van der Waals surface area contributed by atoms with Crippen LogP contribution in [0.15, 0.2) is 6.20 Å². The topological polar surface area (TPSA) is 102 Å². The molecule has 0 aromatic carbocycles. The summed E-state index contributed by atoms with van der Waals surface area (Å²) in [6, 6.07) is 0. The maximum Gasteiger partial charge on any atom is 0.272 e. The van der Waals surface area contributed by atoms with Gasteiger partial charge in [-0.15, -0.1) is 0 Å². The summed E-state index contributed by atoms with van der Waals surface area (Å²) in [7, 11) is 1.61. The van der Waals surface area contributed by atoms with Gasteiger partial charge in [0.05, 0.1) is 18.4 Å². The molecule has 0 fully saturated rings. The molecule has 100 valence electrons. The van der Waals surface area contributed by atoms with E-state index < -0.39 is 5.91 Å². The van der Waals surface area contributed by atoms with Gasteiger partial charge >= 0.3 is 0 Å². The fourth-order valence-electron chi connectivity index (χ4n) is 1.44. The molecule has 0 radical (unpaired) electrons. The molecule has 0 aliphatic rings. The molecule has 18 heavy (non-hydrogen) atoms. The number of hydrogen-bond donors (Lipinski definition) is 3. The van der Waals surface area contributed by atoms with Gasteiger partial charge < -0.3 is 16.4 Å². The summed E-state index contributed by atoms with van der Waals surface area (Å²) >= 11 is 0. The first-order chi connectivity index (χ1) is 8.20. The smallest absolute Gasteiger partial charge is 0.272 e. The molecule has 0 saturated heterocycles. The Morgan fingerprint density at radius 1 is 1.44 bits per heavy atom. The van der Waals surface area contributed by atoms with Crippen molar-refractivity contribution in [3.8, 4) is 0 Å². The van der Waals surface area contributed by atoms with Crippen molar-refractivity contribution in [2.24, 2.45) is 7.05 Å². The Bertz CT molecular complexity index is 439. The fourth-order valence-corrected chi connectivity index (χ4v) is 1.44. The van der Waals surface area contributed by atoms with Crippen molar-refractivity contribution in [2.45, 2.75) is 26.3 Å². The van der Waals surface area contributed by atoms with E-state index >= 15 is 0 Å². The number of hydrogen-bond acceptors (Lipinski definition) is 4. The van der Waals surface area contributed by atoms with Crippen LogP contribution in [0.5, 0.6) is 0 Å². The van der Waals surface area contributed by atoms with Crippen molar-refractivity contribution >= 4 is 17.5 Å². The number of nitrogens with zero attached hydrogens (tertiary/aromatic N) is 2. The molecule has 0 unspecified atom stereocenters. The molecule has 7 nitrogen and oxygen atoms in total. The van der Waals surface area contributed by atoms with Crippen LogP contribution in [0.25, 0.3) is 0 Å². The van der Waals surface area contributed by atoms with Crippen LogP contribution >= 0.6 is 0 Å². The lowest BCUT2D eigenvalue weighted by Crippen LogP contribution is -2.46. The second kappa shape index (κ2) is 5.07. The second-order valence-corrected chi connectivity index (χ2v) is 5.05. The minimum absolute atomic E-state index is 0.0965. The van der Waals surface area contributed by atoms with Crippen LogP contribution in [0.4, 0.5) is 5.69 Å². The zero-order valence-corrected chi connectivity index (χ0v) is 11.1. The summed E-state index contributed by atoms with van der Waals surface area (Å²) in [5, 5.41) is 9.09. The number of rotatable bonds is 3. The van der Waals surface area contributed by atoms with Gasteiger partial charge in [0.1, 0.15) is 5.69 Å². The summed E-state index contributed by atoms with van der Waals surface area (Å²) in [5.41, 5.74) is 5.81. The molecule has 1 aromatic rings. The Kier molecular flexibility index (Phi) is 3.95. The predicted octanol–water partition coefficient (Wildman–Crippen LogP) is -0.353. The summed E-state index contributed by atoms with van der Waals surface area (Å²) in [6.45, 7) is 5.50. The highest BCUT2D eigenvalue weighted by Crippen LogP contribution is 2.08. The van der Waals surface area contributed by atoms with E-state index in [1.54, 1.807) is 7.05 Å². The highest BCUT2D eigenvalue weighted by Gasteiger charge is 2.17. The third kappa shape index (κ3) is 3.76. The normalized spacial score (nSPS) is 11.1. The summed E-state index contributed by atoms with van der Waals surface area (Å²) in [6.07, 6.45) is 1.39. The minimum Gasteiger partial charge on any atom is -0.396 e.